The van der Waals surface area contributed by atoms with Crippen molar-refractivity contribution in [3.63, 3.8) is 0 Å². The maximum Gasteiger partial charge on any atom is 0.191 e. The summed E-state index contributed by atoms with van der Waals surface area (Å²) < 4.78 is 5.56. The van der Waals surface area contributed by atoms with Crippen LogP contribution in [0.25, 0.3) is 0 Å². The Balaban J connectivity index is 0.00000300. The lowest BCUT2D eigenvalue weighted by molar-refractivity contribution is -0.0165. The second kappa shape index (κ2) is 12.0. The lowest BCUT2D eigenvalue weighted by Gasteiger charge is -2.37. The van der Waals surface area contributed by atoms with Gasteiger partial charge in [-0.1, -0.05) is 17.7 Å². The van der Waals surface area contributed by atoms with E-state index < -0.39 is 0 Å². The van der Waals surface area contributed by atoms with Gasteiger partial charge in [-0.3, -0.25) is 9.89 Å². The summed E-state index contributed by atoms with van der Waals surface area (Å²) in [6, 6.07) is 10.1. The third kappa shape index (κ3) is 7.00. The van der Waals surface area contributed by atoms with Crippen molar-refractivity contribution in [1.29, 1.82) is 0 Å². The molecule has 7 heteroatoms. The van der Waals surface area contributed by atoms with Crippen LogP contribution in [0.2, 0.25) is 0 Å². The first kappa shape index (κ1) is 24.2. The van der Waals surface area contributed by atoms with E-state index in [1.165, 1.54) is 11.3 Å². The van der Waals surface area contributed by atoms with Crippen LogP contribution >= 0.6 is 24.0 Å². The summed E-state index contributed by atoms with van der Waals surface area (Å²) in [4.78, 5) is 9.85. The first-order chi connectivity index (χ1) is 13.6. The third-order valence-electron chi connectivity index (χ3n) is 5.77. The van der Waals surface area contributed by atoms with Crippen LogP contribution in [0.1, 0.15) is 32.8 Å². The van der Waals surface area contributed by atoms with Gasteiger partial charge in [-0.2, -0.15) is 0 Å². The van der Waals surface area contributed by atoms with Gasteiger partial charge >= 0.3 is 0 Å². The standard InChI is InChI=1S/C22H37N5O.HI/c1-5-23-22(24-14-18(3)27-12-13-28-16-19(27)4)25-20-10-11-26(15-20)21-8-6-17(2)7-9-21;/h6-9,18-20H,5,10-16H2,1-4H3,(H2,23,24,25);1H. The van der Waals surface area contributed by atoms with E-state index in [4.69, 9.17) is 9.73 Å². The van der Waals surface area contributed by atoms with Gasteiger partial charge in [0.25, 0.3) is 0 Å². The number of hydrogen-bond donors (Lipinski definition) is 2. The number of aliphatic imine (C=N–C) groups is 1. The van der Waals surface area contributed by atoms with Crippen LogP contribution in [0.15, 0.2) is 29.3 Å². The van der Waals surface area contributed by atoms with Gasteiger partial charge in [-0.05, 0) is 46.2 Å². The van der Waals surface area contributed by atoms with Gasteiger partial charge in [0.1, 0.15) is 0 Å². The van der Waals surface area contributed by atoms with E-state index in [0.29, 0.717) is 18.1 Å². The van der Waals surface area contributed by atoms with E-state index in [1.54, 1.807) is 0 Å². The summed E-state index contributed by atoms with van der Waals surface area (Å²) in [5, 5.41) is 7.07. The van der Waals surface area contributed by atoms with Crippen molar-refractivity contribution >= 4 is 35.6 Å². The summed E-state index contributed by atoms with van der Waals surface area (Å²) in [6.45, 7) is 15.2. The van der Waals surface area contributed by atoms with Crippen molar-refractivity contribution in [2.45, 2.75) is 52.2 Å². The average molecular weight is 515 g/mol. The number of halogens is 1. The molecule has 3 unspecified atom stereocenters. The largest absolute Gasteiger partial charge is 0.379 e. The highest BCUT2D eigenvalue weighted by atomic mass is 127. The highest BCUT2D eigenvalue weighted by molar-refractivity contribution is 14.0. The number of guanidine groups is 1. The summed E-state index contributed by atoms with van der Waals surface area (Å²) in [5.41, 5.74) is 2.62. The molecular weight excluding hydrogens is 477 g/mol. The predicted molar refractivity (Wildman–Crippen MR) is 133 cm³/mol. The molecule has 2 saturated heterocycles. The maximum absolute atomic E-state index is 5.56. The molecule has 164 valence electrons. The quantitative estimate of drug-likeness (QED) is 0.347. The SMILES string of the molecule is CCNC(=NCC(C)N1CCOCC1C)NC1CCN(c2ccc(C)cc2)C1.I. The molecule has 2 aliphatic rings. The lowest BCUT2D eigenvalue weighted by Crippen LogP contribution is -2.50. The van der Waals surface area contributed by atoms with Crippen LogP contribution in [0.3, 0.4) is 0 Å². The molecule has 0 spiro atoms. The van der Waals surface area contributed by atoms with E-state index in [1.807, 2.05) is 0 Å². The molecule has 0 aromatic heterocycles. The molecule has 6 nitrogen and oxygen atoms in total. The molecule has 0 radical (unpaired) electrons. The van der Waals surface area contributed by atoms with E-state index >= 15 is 0 Å². The van der Waals surface area contributed by atoms with E-state index in [-0.39, 0.29) is 24.0 Å². The second-order valence-corrected chi connectivity index (χ2v) is 8.14. The second-order valence-electron chi connectivity index (χ2n) is 8.14. The number of benzene rings is 1. The smallest absolute Gasteiger partial charge is 0.191 e. The van der Waals surface area contributed by atoms with Gasteiger partial charge in [-0.15, -0.1) is 24.0 Å². The number of nitrogens with one attached hydrogen (secondary N) is 2. The molecule has 2 heterocycles. The van der Waals surface area contributed by atoms with Crippen LogP contribution in [-0.2, 0) is 4.74 Å². The Kier molecular flexibility index (Phi) is 9.98. The van der Waals surface area contributed by atoms with Crippen LogP contribution in [0.4, 0.5) is 5.69 Å². The summed E-state index contributed by atoms with van der Waals surface area (Å²) in [6.07, 6.45) is 1.13. The minimum absolute atomic E-state index is 0. The number of aryl methyl sites for hydroxylation is 1. The van der Waals surface area contributed by atoms with Crippen LogP contribution in [0, 0.1) is 6.92 Å². The molecule has 1 aromatic carbocycles. The van der Waals surface area contributed by atoms with Crippen molar-refractivity contribution in [1.82, 2.24) is 15.5 Å². The fraction of sp³-hybridized carbons (Fsp3) is 0.682. The molecule has 0 bridgehead atoms. The number of rotatable bonds is 6. The Labute approximate surface area is 193 Å². The van der Waals surface area contributed by atoms with Gasteiger partial charge in [0, 0.05) is 50.0 Å². The lowest BCUT2D eigenvalue weighted by atomic mass is 10.2. The van der Waals surface area contributed by atoms with Crippen molar-refractivity contribution in [3.05, 3.63) is 29.8 Å². The Bertz CT molecular complexity index is 639. The maximum atomic E-state index is 5.56. The van der Waals surface area contributed by atoms with Crippen molar-refractivity contribution in [2.24, 2.45) is 4.99 Å². The Morgan fingerprint density at radius 1 is 1.28 bits per heavy atom. The molecule has 1 aromatic rings. The summed E-state index contributed by atoms with van der Waals surface area (Å²) >= 11 is 0. The minimum Gasteiger partial charge on any atom is -0.379 e. The molecule has 2 fully saturated rings. The molecule has 0 amide bonds. The molecule has 0 aliphatic carbocycles. The zero-order valence-corrected chi connectivity index (χ0v) is 20.7. The molecule has 29 heavy (non-hydrogen) atoms. The minimum atomic E-state index is 0. The topological polar surface area (TPSA) is 52.1 Å². The first-order valence-electron chi connectivity index (χ1n) is 10.8. The van der Waals surface area contributed by atoms with Crippen molar-refractivity contribution in [2.75, 3.05) is 50.8 Å². The first-order valence-corrected chi connectivity index (χ1v) is 10.8. The number of nitrogens with zero attached hydrogens (tertiary/aromatic N) is 3. The van der Waals surface area contributed by atoms with Crippen LogP contribution in [-0.4, -0.2) is 74.9 Å². The highest BCUT2D eigenvalue weighted by Crippen LogP contribution is 2.20. The Morgan fingerprint density at radius 2 is 2.03 bits per heavy atom. The van der Waals surface area contributed by atoms with Gasteiger partial charge < -0.3 is 20.3 Å². The van der Waals surface area contributed by atoms with Gasteiger partial charge in [0.2, 0.25) is 0 Å². The average Bonchev–Trinajstić information content (AvgIpc) is 3.15. The van der Waals surface area contributed by atoms with E-state index in [9.17, 15) is 0 Å². The fourth-order valence-corrected chi connectivity index (χ4v) is 4.10. The van der Waals surface area contributed by atoms with E-state index in [0.717, 1.165) is 58.3 Å². The molecular formula is C22H38IN5O. The normalized spacial score (nSPS) is 24.1. The van der Waals surface area contributed by atoms with Crippen molar-refractivity contribution in [3.8, 4) is 0 Å². The Morgan fingerprint density at radius 3 is 2.72 bits per heavy atom. The van der Waals surface area contributed by atoms with Crippen LogP contribution in [0.5, 0.6) is 0 Å². The molecule has 2 aliphatic heterocycles. The Hall–Kier alpha value is -1.06. The van der Waals surface area contributed by atoms with Crippen molar-refractivity contribution < 1.29 is 4.74 Å². The predicted octanol–water partition coefficient (Wildman–Crippen LogP) is 2.86. The summed E-state index contributed by atoms with van der Waals surface area (Å²) in [5.74, 6) is 0.936. The molecule has 3 rings (SSSR count). The van der Waals surface area contributed by atoms with Crippen LogP contribution < -0.4 is 15.5 Å². The number of morpholine rings is 1. The van der Waals surface area contributed by atoms with E-state index in [2.05, 4.69) is 72.4 Å². The highest BCUT2D eigenvalue weighted by Gasteiger charge is 2.25. The number of ether oxygens (including phenoxy) is 1. The molecule has 2 N–H and O–H groups in total. The number of hydrogen-bond acceptors (Lipinski definition) is 4. The third-order valence-corrected chi connectivity index (χ3v) is 5.77. The zero-order chi connectivity index (χ0) is 19.9. The monoisotopic (exact) mass is 515 g/mol. The molecule has 0 saturated carbocycles. The van der Waals surface area contributed by atoms with Gasteiger partial charge in [-0.25, -0.2) is 0 Å². The molecule has 3 atom stereocenters. The summed E-state index contributed by atoms with van der Waals surface area (Å²) in [7, 11) is 0. The van der Waals surface area contributed by atoms with Gasteiger partial charge in [0.15, 0.2) is 5.96 Å². The van der Waals surface area contributed by atoms with Gasteiger partial charge in [0.05, 0.1) is 19.8 Å². The number of anilines is 1. The fourth-order valence-electron chi connectivity index (χ4n) is 4.10. The zero-order valence-electron chi connectivity index (χ0n) is 18.4.